The molecule has 0 bridgehead atoms. The average molecular weight is 425 g/mol. The van der Waals surface area contributed by atoms with Crippen molar-refractivity contribution in [3.63, 3.8) is 0 Å². The molecule has 0 spiro atoms. The van der Waals surface area contributed by atoms with Crippen molar-refractivity contribution in [2.75, 3.05) is 12.9 Å². The number of allylic oxidation sites excluding steroid dienone is 6. The Morgan fingerprint density at radius 3 is 2.62 bits per heavy atom. The Balaban J connectivity index is 1.85. The van der Waals surface area contributed by atoms with E-state index >= 15 is 4.39 Å². The molecule has 7 heteroatoms. The molecule has 4 rings (SSSR count). The third kappa shape index (κ3) is 2.46. The van der Waals surface area contributed by atoms with Gasteiger partial charge in [0.1, 0.15) is 5.76 Å². The lowest BCUT2D eigenvalue weighted by Gasteiger charge is -2.61. The first-order valence-electron chi connectivity index (χ1n) is 10.3. The summed E-state index contributed by atoms with van der Waals surface area (Å²) in [6, 6.07) is 0. The highest BCUT2D eigenvalue weighted by atomic mass is 32.2. The molecule has 0 aromatic heterocycles. The molecular formula is C22H29FO5S. The third-order valence-electron chi connectivity index (χ3n) is 8.15. The van der Waals surface area contributed by atoms with Crippen LogP contribution in [0.2, 0.25) is 0 Å². The highest BCUT2D eigenvalue weighted by molar-refractivity contribution is 7.95. The zero-order chi connectivity index (χ0) is 21.4. The van der Waals surface area contributed by atoms with Gasteiger partial charge in [-0.25, -0.2) is 12.8 Å². The number of ether oxygens (including phenoxy) is 1. The number of alkyl halides is 1. The third-order valence-corrected chi connectivity index (χ3v) is 10.2. The minimum Gasteiger partial charge on any atom is -0.500 e. The van der Waals surface area contributed by atoms with Crippen LogP contribution in [0.15, 0.2) is 34.5 Å². The zero-order valence-corrected chi connectivity index (χ0v) is 18.2. The Labute approximate surface area is 171 Å². The fraction of sp³-hybridized carbons (Fsp3) is 0.682. The highest BCUT2D eigenvalue weighted by Crippen LogP contribution is 2.69. The van der Waals surface area contributed by atoms with Gasteiger partial charge < -0.3 is 9.84 Å². The lowest BCUT2D eigenvalue weighted by molar-refractivity contribution is -0.184. The molecule has 1 unspecified atom stereocenters. The minimum absolute atomic E-state index is 0.0107. The van der Waals surface area contributed by atoms with Crippen LogP contribution in [-0.4, -0.2) is 43.9 Å². The van der Waals surface area contributed by atoms with Crippen LogP contribution < -0.4 is 0 Å². The van der Waals surface area contributed by atoms with Gasteiger partial charge in [0.05, 0.1) is 23.9 Å². The second-order valence-corrected chi connectivity index (χ2v) is 11.5. The lowest BCUT2D eigenvalue weighted by atomic mass is 9.46. The van der Waals surface area contributed by atoms with Crippen LogP contribution in [0.4, 0.5) is 4.39 Å². The Kier molecular flexibility index (Phi) is 4.49. The second-order valence-electron chi connectivity index (χ2n) is 9.33. The number of aliphatic hydroxyl groups excluding tert-OH is 1. The molecule has 29 heavy (non-hydrogen) atoms. The molecule has 5 nitrogen and oxygen atoms in total. The summed E-state index contributed by atoms with van der Waals surface area (Å²) in [4.78, 5) is 12.1. The molecule has 160 valence electrons. The summed E-state index contributed by atoms with van der Waals surface area (Å²) >= 11 is 0. The van der Waals surface area contributed by atoms with Crippen LogP contribution >= 0.6 is 0 Å². The maximum atomic E-state index is 16.9. The van der Waals surface area contributed by atoms with E-state index in [-0.39, 0.29) is 28.8 Å². The SMILES string of the molecule is CCS(=O)(=O)C1=C(OC)C[C@H]2[C@@H]3CCC4=CC(=O)C=C[C@]4(C)C3(F)[C@@H](O)C[C@]12C. The second kappa shape index (κ2) is 6.27. The molecule has 4 aliphatic carbocycles. The topological polar surface area (TPSA) is 80.7 Å². The van der Waals surface area contributed by atoms with Crippen molar-refractivity contribution in [2.45, 2.75) is 58.2 Å². The summed E-state index contributed by atoms with van der Waals surface area (Å²) in [7, 11) is -2.11. The maximum Gasteiger partial charge on any atom is 0.178 e. The van der Waals surface area contributed by atoms with Gasteiger partial charge in [0.25, 0.3) is 0 Å². The molecule has 2 fully saturated rings. The van der Waals surface area contributed by atoms with E-state index in [1.807, 2.05) is 6.92 Å². The molecule has 0 saturated heterocycles. The summed E-state index contributed by atoms with van der Waals surface area (Å²) in [5.41, 5.74) is -3.20. The summed E-state index contributed by atoms with van der Waals surface area (Å²) < 4.78 is 48.3. The van der Waals surface area contributed by atoms with Gasteiger partial charge in [-0.1, -0.05) is 25.5 Å². The molecule has 2 saturated carbocycles. The van der Waals surface area contributed by atoms with E-state index in [1.165, 1.54) is 19.3 Å². The summed E-state index contributed by atoms with van der Waals surface area (Å²) in [5, 5.41) is 11.2. The van der Waals surface area contributed by atoms with Crippen molar-refractivity contribution >= 4 is 15.6 Å². The predicted octanol–water partition coefficient (Wildman–Crippen LogP) is 3.26. The normalized spacial score (nSPS) is 44.1. The predicted molar refractivity (Wildman–Crippen MR) is 107 cm³/mol. The Hall–Kier alpha value is -1.47. The van der Waals surface area contributed by atoms with Gasteiger partial charge >= 0.3 is 0 Å². The first-order valence-corrected chi connectivity index (χ1v) is 11.9. The summed E-state index contributed by atoms with van der Waals surface area (Å²) in [5.74, 6) is -0.640. The van der Waals surface area contributed by atoms with E-state index in [0.29, 0.717) is 30.6 Å². The van der Waals surface area contributed by atoms with Gasteiger partial charge in [-0.15, -0.1) is 0 Å². The van der Waals surface area contributed by atoms with E-state index in [1.54, 1.807) is 19.9 Å². The van der Waals surface area contributed by atoms with E-state index in [0.717, 1.165) is 0 Å². The molecule has 0 amide bonds. The largest absolute Gasteiger partial charge is 0.500 e. The highest BCUT2D eigenvalue weighted by Gasteiger charge is 2.71. The van der Waals surface area contributed by atoms with Crippen LogP contribution in [0.1, 0.15) is 46.5 Å². The molecule has 0 radical (unpaired) electrons. The first kappa shape index (κ1) is 20.8. The number of halogens is 1. The number of rotatable bonds is 3. The van der Waals surface area contributed by atoms with Gasteiger partial charge in [-0.2, -0.15) is 0 Å². The van der Waals surface area contributed by atoms with Crippen molar-refractivity contribution in [3.05, 3.63) is 34.5 Å². The zero-order valence-electron chi connectivity index (χ0n) is 17.4. The lowest BCUT2D eigenvalue weighted by Crippen LogP contribution is -2.66. The van der Waals surface area contributed by atoms with Crippen LogP contribution in [0.25, 0.3) is 0 Å². The number of ketones is 1. The number of sulfone groups is 1. The van der Waals surface area contributed by atoms with Gasteiger partial charge in [0, 0.05) is 23.2 Å². The van der Waals surface area contributed by atoms with Crippen molar-refractivity contribution in [1.29, 1.82) is 0 Å². The van der Waals surface area contributed by atoms with Crippen molar-refractivity contribution < 1.29 is 27.4 Å². The Bertz CT molecular complexity index is 964. The molecule has 0 aromatic rings. The van der Waals surface area contributed by atoms with Crippen molar-refractivity contribution in [1.82, 2.24) is 0 Å². The minimum atomic E-state index is -3.56. The Morgan fingerprint density at radius 1 is 1.31 bits per heavy atom. The maximum absolute atomic E-state index is 16.9. The van der Waals surface area contributed by atoms with Crippen LogP contribution in [-0.2, 0) is 19.4 Å². The molecule has 0 aromatic carbocycles. The molecular weight excluding hydrogens is 395 g/mol. The number of carbonyl (C=O) groups excluding carboxylic acids is 1. The van der Waals surface area contributed by atoms with Crippen LogP contribution in [0, 0.1) is 22.7 Å². The molecule has 0 aliphatic heterocycles. The van der Waals surface area contributed by atoms with E-state index in [9.17, 15) is 18.3 Å². The monoisotopic (exact) mass is 424 g/mol. The molecule has 4 aliphatic rings. The quantitative estimate of drug-likeness (QED) is 0.752. The summed E-state index contributed by atoms with van der Waals surface area (Å²) in [6.45, 7) is 5.18. The number of fused-ring (bicyclic) bond motifs is 5. The summed E-state index contributed by atoms with van der Waals surface area (Å²) in [6.07, 6.45) is 4.52. The van der Waals surface area contributed by atoms with Gasteiger partial charge in [-0.05, 0) is 44.3 Å². The fourth-order valence-corrected chi connectivity index (χ4v) is 8.41. The number of aliphatic hydroxyl groups is 1. The van der Waals surface area contributed by atoms with Crippen molar-refractivity contribution in [2.24, 2.45) is 22.7 Å². The van der Waals surface area contributed by atoms with E-state index in [2.05, 4.69) is 0 Å². The van der Waals surface area contributed by atoms with Crippen LogP contribution in [0.5, 0.6) is 0 Å². The molecule has 0 heterocycles. The molecule has 6 atom stereocenters. The average Bonchev–Trinajstić information content (AvgIpc) is 2.96. The van der Waals surface area contributed by atoms with Gasteiger partial charge in [0.2, 0.25) is 0 Å². The number of hydrogen-bond acceptors (Lipinski definition) is 5. The van der Waals surface area contributed by atoms with Gasteiger partial charge in [0.15, 0.2) is 21.3 Å². The number of methoxy groups -OCH3 is 1. The smallest absolute Gasteiger partial charge is 0.178 e. The van der Waals surface area contributed by atoms with E-state index < -0.39 is 38.4 Å². The fourth-order valence-electron chi connectivity index (χ4n) is 6.66. The van der Waals surface area contributed by atoms with Gasteiger partial charge in [-0.3, -0.25) is 4.79 Å². The first-order chi connectivity index (χ1) is 13.5. The van der Waals surface area contributed by atoms with E-state index in [4.69, 9.17) is 4.74 Å². The van der Waals surface area contributed by atoms with Crippen LogP contribution in [0.3, 0.4) is 0 Å². The Morgan fingerprint density at radius 2 is 2.00 bits per heavy atom. The standard InChI is InChI=1S/C22H29FO5S/c1-5-29(26,27)19-17(28-4)11-16-15-7-6-13-10-14(24)8-9-21(13,3)22(15,23)18(25)12-20(16,19)2/h8-10,15-16,18,25H,5-7,11-12H2,1-4H3/t15-,16-,18-,20-,21-,22?/m0/s1. The van der Waals surface area contributed by atoms with Crippen molar-refractivity contribution in [3.8, 4) is 0 Å². The number of hydrogen-bond donors (Lipinski definition) is 1. The number of carbonyl (C=O) groups is 1. The molecule has 1 N–H and O–H groups in total.